The molecule has 328 valence electrons. The number of rotatable bonds is 41. The first kappa shape index (κ1) is 54.5. The van der Waals surface area contributed by atoms with E-state index in [0.29, 0.717) is 17.4 Å². The summed E-state index contributed by atoms with van der Waals surface area (Å²) in [5, 5.41) is 13.7. The zero-order valence-corrected chi connectivity index (χ0v) is 38.0. The van der Waals surface area contributed by atoms with Gasteiger partial charge in [-0.15, -0.1) is 0 Å². The predicted octanol–water partition coefficient (Wildman–Crippen LogP) is 12.2. The standard InChI is InChI=1S/C47H89N2O6P/c1-6-8-10-12-14-16-18-19-20-21-22-23-24-25-26-27-28-29-31-33-35-37-39-41-47(51)48-45(44-55-56(52,53)54-43-42-49(3,4)5)46(50)40-38-36-34-32-30-17-15-13-11-9-7-2/h22-23,25-26,30,32,38,40,45-46,50H,6-21,24,27-29,31,33-37,39,41-44H2,1-5H3,(H-,48,51,52,53)/b23-22-,26-25-,32-30+,40-38+. The molecule has 1 amide bonds. The molecule has 3 unspecified atom stereocenters. The van der Waals surface area contributed by atoms with E-state index in [1.165, 1.54) is 116 Å². The van der Waals surface area contributed by atoms with Crippen LogP contribution in [0.15, 0.2) is 48.6 Å². The van der Waals surface area contributed by atoms with Crippen molar-refractivity contribution in [1.29, 1.82) is 0 Å². The molecule has 0 saturated carbocycles. The highest BCUT2D eigenvalue weighted by Gasteiger charge is 2.23. The van der Waals surface area contributed by atoms with Crippen molar-refractivity contribution < 1.29 is 32.9 Å². The number of unbranched alkanes of at least 4 members (excludes halogenated alkanes) is 22. The maximum atomic E-state index is 12.8. The molecule has 0 aromatic rings. The van der Waals surface area contributed by atoms with Crippen molar-refractivity contribution in [3.05, 3.63) is 48.6 Å². The Morgan fingerprint density at radius 1 is 0.625 bits per heavy atom. The van der Waals surface area contributed by atoms with Gasteiger partial charge >= 0.3 is 0 Å². The van der Waals surface area contributed by atoms with Crippen LogP contribution in [0.25, 0.3) is 0 Å². The van der Waals surface area contributed by atoms with Gasteiger partial charge in [0, 0.05) is 6.42 Å². The number of allylic oxidation sites excluding steroid dienone is 7. The van der Waals surface area contributed by atoms with Crippen LogP contribution in [0.5, 0.6) is 0 Å². The Kier molecular flexibility index (Phi) is 37.9. The van der Waals surface area contributed by atoms with Crippen LogP contribution in [0.2, 0.25) is 0 Å². The predicted molar refractivity (Wildman–Crippen MR) is 238 cm³/mol. The molecule has 0 saturated heterocycles. The van der Waals surface area contributed by atoms with Crippen LogP contribution < -0.4 is 10.2 Å². The largest absolute Gasteiger partial charge is 0.756 e. The van der Waals surface area contributed by atoms with E-state index in [0.717, 1.165) is 57.8 Å². The number of hydrogen-bond acceptors (Lipinski definition) is 6. The highest BCUT2D eigenvalue weighted by atomic mass is 31.2. The molecular formula is C47H89N2O6P. The Balaban J connectivity index is 4.32. The fourth-order valence-electron chi connectivity index (χ4n) is 6.31. The van der Waals surface area contributed by atoms with E-state index in [2.05, 4.69) is 55.6 Å². The topological polar surface area (TPSA) is 108 Å². The number of nitrogens with one attached hydrogen (secondary N) is 1. The molecule has 0 aromatic heterocycles. The zero-order chi connectivity index (χ0) is 41.4. The van der Waals surface area contributed by atoms with Gasteiger partial charge in [0.1, 0.15) is 13.2 Å². The SMILES string of the molecule is CCCCCCC/C=C/CC/C=C/C(O)C(COP(=O)([O-])OCC[N+](C)(C)C)NC(=O)CCCCCCCCC/C=C\C/C=C\CCCCCCCCCCC. The Morgan fingerprint density at radius 3 is 1.55 bits per heavy atom. The summed E-state index contributed by atoms with van der Waals surface area (Å²) in [6, 6.07) is -0.906. The lowest BCUT2D eigenvalue weighted by Gasteiger charge is -2.29. The second kappa shape index (κ2) is 38.9. The summed E-state index contributed by atoms with van der Waals surface area (Å²) in [6.07, 6.45) is 48.8. The summed E-state index contributed by atoms with van der Waals surface area (Å²) in [4.78, 5) is 25.3. The molecule has 0 aliphatic carbocycles. The number of aliphatic hydroxyl groups excluding tert-OH is 1. The van der Waals surface area contributed by atoms with Crippen molar-refractivity contribution in [2.75, 3.05) is 40.9 Å². The van der Waals surface area contributed by atoms with E-state index in [4.69, 9.17) is 9.05 Å². The van der Waals surface area contributed by atoms with Gasteiger partial charge in [0.2, 0.25) is 5.91 Å². The summed E-state index contributed by atoms with van der Waals surface area (Å²) >= 11 is 0. The molecule has 0 aliphatic rings. The van der Waals surface area contributed by atoms with Gasteiger partial charge < -0.3 is 28.8 Å². The summed E-state index contributed by atoms with van der Waals surface area (Å²) in [6.45, 7) is 4.58. The lowest BCUT2D eigenvalue weighted by atomic mass is 10.1. The number of quaternary nitrogens is 1. The smallest absolute Gasteiger partial charge is 0.268 e. The van der Waals surface area contributed by atoms with Crippen LogP contribution in [0.4, 0.5) is 0 Å². The number of aliphatic hydroxyl groups is 1. The van der Waals surface area contributed by atoms with E-state index >= 15 is 0 Å². The van der Waals surface area contributed by atoms with E-state index < -0.39 is 26.6 Å². The maximum absolute atomic E-state index is 12.8. The molecule has 0 rings (SSSR count). The molecular weight excluding hydrogens is 719 g/mol. The monoisotopic (exact) mass is 809 g/mol. The van der Waals surface area contributed by atoms with Crippen LogP contribution >= 0.6 is 7.82 Å². The van der Waals surface area contributed by atoms with Crippen molar-refractivity contribution in [2.45, 2.75) is 206 Å². The number of nitrogens with zero attached hydrogens (tertiary/aromatic N) is 1. The van der Waals surface area contributed by atoms with Crippen LogP contribution in [0.1, 0.15) is 194 Å². The number of phosphoric acid groups is 1. The molecule has 0 aromatic carbocycles. The zero-order valence-electron chi connectivity index (χ0n) is 37.1. The van der Waals surface area contributed by atoms with Crippen molar-refractivity contribution in [3.8, 4) is 0 Å². The molecule has 0 heterocycles. The minimum atomic E-state index is -4.60. The van der Waals surface area contributed by atoms with E-state index in [-0.39, 0.29) is 12.5 Å². The first-order valence-electron chi connectivity index (χ1n) is 23.0. The number of phosphoric ester groups is 1. The second-order valence-electron chi connectivity index (χ2n) is 16.7. The molecule has 9 heteroatoms. The van der Waals surface area contributed by atoms with Crippen LogP contribution in [0.3, 0.4) is 0 Å². The van der Waals surface area contributed by atoms with Gasteiger partial charge in [-0.3, -0.25) is 9.36 Å². The minimum absolute atomic E-state index is 0.00950. The van der Waals surface area contributed by atoms with Gasteiger partial charge in [-0.05, 0) is 64.2 Å². The van der Waals surface area contributed by atoms with Gasteiger partial charge in [-0.25, -0.2) is 0 Å². The minimum Gasteiger partial charge on any atom is -0.756 e. The number of hydrogen-bond donors (Lipinski definition) is 2. The quantitative estimate of drug-likeness (QED) is 0.0276. The molecule has 0 fully saturated rings. The Hall–Kier alpha value is -1.54. The Bertz CT molecular complexity index is 1050. The summed E-state index contributed by atoms with van der Waals surface area (Å²) in [5.74, 6) is -0.218. The number of amides is 1. The summed E-state index contributed by atoms with van der Waals surface area (Å²) < 4.78 is 23.1. The number of carbonyl (C=O) groups is 1. The molecule has 8 nitrogen and oxygen atoms in total. The second-order valence-corrected chi connectivity index (χ2v) is 18.2. The fraction of sp³-hybridized carbons (Fsp3) is 0.809. The maximum Gasteiger partial charge on any atom is 0.268 e. The molecule has 3 atom stereocenters. The third-order valence-corrected chi connectivity index (χ3v) is 11.0. The lowest BCUT2D eigenvalue weighted by Crippen LogP contribution is -2.45. The molecule has 2 N–H and O–H groups in total. The van der Waals surface area contributed by atoms with Gasteiger partial charge in [0.05, 0.1) is 39.9 Å². The van der Waals surface area contributed by atoms with Crippen LogP contribution in [-0.4, -0.2) is 68.5 Å². The van der Waals surface area contributed by atoms with Crippen molar-refractivity contribution in [3.63, 3.8) is 0 Å². The van der Waals surface area contributed by atoms with Crippen molar-refractivity contribution >= 4 is 13.7 Å². The fourth-order valence-corrected chi connectivity index (χ4v) is 7.04. The molecule has 0 radical (unpaired) electrons. The lowest BCUT2D eigenvalue weighted by molar-refractivity contribution is -0.870. The molecule has 0 spiro atoms. The highest BCUT2D eigenvalue weighted by molar-refractivity contribution is 7.45. The summed E-state index contributed by atoms with van der Waals surface area (Å²) in [7, 11) is 1.23. The highest BCUT2D eigenvalue weighted by Crippen LogP contribution is 2.38. The first-order chi connectivity index (χ1) is 27.0. The number of carbonyl (C=O) groups excluding carboxylic acids is 1. The van der Waals surface area contributed by atoms with Gasteiger partial charge in [0.25, 0.3) is 7.82 Å². The average Bonchev–Trinajstić information content (AvgIpc) is 3.15. The van der Waals surface area contributed by atoms with Crippen LogP contribution in [-0.2, 0) is 18.4 Å². The van der Waals surface area contributed by atoms with Crippen molar-refractivity contribution in [1.82, 2.24) is 5.32 Å². The molecule has 0 bridgehead atoms. The molecule has 56 heavy (non-hydrogen) atoms. The first-order valence-corrected chi connectivity index (χ1v) is 24.5. The van der Waals surface area contributed by atoms with Crippen LogP contribution in [0, 0.1) is 0 Å². The van der Waals surface area contributed by atoms with Gasteiger partial charge in [0.15, 0.2) is 0 Å². The van der Waals surface area contributed by atoms with E-state index in [1.54, 1.807) is 6.08 Å². The average molecular weight is 809 g/mol. The molecule has 0 aliphatic heterocycles. The summed E-state index contributed by atoms with van der Waals surface area (Å²) in [5.41, 5.74) is 0. The van der Waals surface area contributed by atoms with E-state index in [1.807, 2.05) is 27.2 Å². The third kappa shape index (κ3) is 40.6. The Labute approximate surface area is 346 Å². The Morgan fingerprint density at radius 2 is 1.05 bits per heavy atom. The van der Waals surface area contributed by atoms with Gasteiger partial charge in [-0.2, -0.15) is 0 Å². The number of likely N-dealkylation sites (N-methyl/N-ethyl adjacent to an activating group) is 1. The van der Waals surface area contributed by atoms with Crippen molar-refractivity contribution in [2.24, 2.45) is 0 Å². The third-order valence-electron chi connectivity index (χ3n) is 10.0. The van der Waals surface area contributed by atoms with E-state index in [9.17, 15) is 19.4 Å². The normalized spacial score (nSPS) is 14.8. The van der Waals surface area contributed by atoms with Gasteiger partial charge in [-0.1, -0.05) is 172 Å².